The lowest BCUT2D eigenvalue weighted by Crippen LogP contribution is -2.40. The number of fused-ring (bicyclic) bond motifs is 1. The minimum absolute atomic E-state index is 0.241. The molecule has 2 aromatic carbocycles. The highest BCUT2D eigenvalue weighted by Gasteiger charge is 2.43. The Kier molecular flexibility index (Phi) is 4.30. The standard InChI is InChI=1S/C22H21FN2O2/c1-14(2)25-21(26)19(16-7-9-18(23)10-8-16)20(22(25)27)24-12-11-15-5-3-4-6-17(15)13-24/h3-10,14H,11-13H2,1-2H3. The molecule has 0 aromatic heterocycles. The number of carbonyl (C=O) groups excluding carboxylic acids is 2. The van der Waals surface area contributed by atoms with Crippen molar-refractivity contribution in [2.24, 2.45) is 0 Å². The Labute approximate surface area is 157 Å². The minimum Gasteiger partial charge on any atom is -0.362 e. The maximum Gasteiger partial charge on any atom is 0.278 e. The van der Waals surface area contributed by atoms with E-state index < -0.39 is 0 Å². The van der Waals surface area contributed by atoms with Gasteiger partial charge in [0.05, 0.1) is 5.57 Å². The van der Waals surface area contributed by atoms with E-state index in [0.29, 0.717) is 29.9 Å². The summed E-state index contributed by atoms with van der Waals surface area (Å²) in [5, 5.41) is 0. The van der Waals surface area contributed by atoms with Crippen LogP contribution in [0.5, 0.6) is 0 Å². The normalized spacial score (nSPS) is 17.2. The summed E-state index contributed by atoms with van der Waals surface area (Å²) >= 11 is 0. The fraction of sp³-hybridized carbons (Fsp3) is 0.273. The largest absolute Gasteiger partial charge is 0.362 e. The first-order valence-corrected chi connectivity index (χ1v) is 9.17. The molecule has 0 spiro atoms. The third-order valence-electron chi connectivity index (χ3n) is 5.19. The molecule has 0 saturated heterocycles. The first-order valence-electron chi connectivity index (χ1n) is 9.17. The van der Waals surface area contributed by atoms with E-state index in [1.54, 1.807) is 12.1 Å². The van der Waals surface area contributed by atoms with Gasteiger partial charge in [-0.1, -0.05) is 36.4 Å². The van der Waals surface area contributed by atoms with Crippen molar-refractivity contribution in [2.75, 3.05) is 6.54 Å². The lowest BCUT2D eigenvalue weighted by molar-refractivity contribution is -0.139. The van der Waals surface area contributed by atoms with Crippen LogP contribution in [0.15, 0.2) is 54.2 Å². The first-order chi connectivity index (χ1) is 13.0. The van der Waals surface area contributed by atoms with Crippen LogP contribution in [0, 0.1) is 5.82 Å². The summed E-state index contributed by atoms with van der Waals surface area (Å²) in [6.07, 6.45) is 0.819. The Morgan fingerprint density at radius 3 is 2.26 bits per heavy atom. The van der Waals surface area contributed by atoms with Crippen LogP contribution in [-0.4, -0.2) is 34.2 Å². The van der Waals surface area contributed by atoms with Crippen LogP contribution in [0.1, 0.15) is 30.5 Å². The Hall–Kier alpha value is -2.95. The van der Waals surface area contributed by atoms with E-state index in [9.17, 15) is 14.0 Å². The van der Waals surface area contributed by atoms with Gasteiger partial charge in [0.2, 0.25) is 0 Å². The fourth-order valence-corrected chi connectivity index (χ4v) is 3.86. The molecule has 138 valence electrons. The molecule has 4 rings (SSSR count). The van der Waals surface area contributed by atoms with Crippen LogP contribution < -0.4 is 0 Å². The number of hydrogen-bond acceptors (Lipinski definition) is 3. The molecule has 0 N–H and O–H groups in total. The van der Waals surface area contributed by atoms with Crippen molar-refractivity contribution in [3.8, 4) is 0 Å². The highest BCUT2D eigenvalue weighted by molar-refractivity contribution is 6.35. The van der Waals surface area contributed by atoms with E-state index in [4.69, 9.17) is 0 Å². The molecule has 2 heterocycles. The number of imide groups is 1. The molecular weight excluding hydrogens is 343 g/mol. The summed E-state index contributed by atoms with van der Waals surface area (Å²) in [5.41, 5.74) is 3.81. The highest BCUT2D eigenvalue weighted by Crippen LogP contribution is 2.35. The van der Waals surface area contributed by atoms with Crippen molar-refractivity contribution in [3.05, 3.63) is 76.7 Å². The van der Waals surface area contributed by atoms with Gasteiger partial charge in [-0.3, -0.25) is 14.5 Å². The Bertz CT molecular complexity index is 947. The predicted molar refractivity (Wildman–Crippen MR) is 101 cm³/mol. The first kappa shape index (κ1) is 17.5. The maximum atomic E-state index is 13.4. The van der Waals surface area contributed by atoms with E-state index in [-0.39, 0.29) is 23.7 Å². The molecular formula is C22H21FN2O2. The third-order valence-corrected chi connectivity index (χ3v) is 5.19. The SMILES string of the molecule is CC(C)N1C(=O)C(c2ccc(F)cc2)=C(N2CCc3ccccc3C2)C1=O. The average molecular weight is 364 g/mol. The van der Waals surface area contributed by atoms with Crippen molar-refractivity contribution in [1.29, 1.82) is 0 Å². The molecule has 2 amide bonds. The summed E-state index contributed by atoms with van der Waals surface area (Å²) in [4.78, 5) is 29.5. The van der Waals surface area contributed by atoms with E-state index in [0.717, 1.165) is 12.0 Å². The van der Waals surface area contributed by atoms with Gasteiger partial charge in [-0.15, -0.1) is 0 Å². The number of benzene rings is 2. The molecule has 0 bridgehead atoms. The fourth-order valence-electron chi connectivity index (χ4n) is 3.86. The van der Waals surface area contributed by atoms with Gasteiger partial charge in [-0.05, 0) is 49.1 Å². The Morgan fingerprint density at radius 2 is 1.59 bits per heavy atom. The zero-order chi connectivity index (χ0) is 19.1. The molecule has 0 atom stereocenters. The quantitative estimate of drug-likeness (QED) is 0.784. The van der Waals surface area contributed by atoms with Gasteiger partial charge in [-0.2, -0.15) is 0 Å². The molecule has 2 aliphatic rings. The smallest absolute Gasteiger partial charge is 0.278 e. The highest BCUT2D eigenvalue weighted by atomic mass is 19.1. The number of halogens is 1. The molecule has 0 unspecified atom stereocenters. The Balaban J connectivity index is 1.81. The third kappa shape index (κ3) is 2.93. The Morgan fingerprint density at radius 1 is 0.926 bits per heavy atom. The van der Waals surface area contributed by atoms with Gasteiger partial charge in [0, 0.05) is 19.1 Å². The molecule has 4 nitrogen and oxygen atoms in total. The van der Waals surface area contributed by atoms with Gasteiger partial charge in [0.25, 0.3) is 11.8 Å². The molecule has 2 aromatic rings. The zero-order valence-corrected chi connectivity index (χ0v) is 15.4. The summed E-state index contributed by atoms with van der Waals surface area (Å²) in [7, 11) is 0. The van der Waals surface area contributed by atoms with Crippen molar-refractivity contribution in [3.63, 3.8) is 0 Å². The van der Waals surface area contributed by atoms with Crippen LogP contribution >= 0.6 is 0 Å². The lowest BCUT2D eigenvalue weighted by atomic mass is 9.98. The van der Waals surface area contributed by atoms with Crippen molar-refractivity contribution < 1.29 is 14.0 Å². The van der Waals surface area contributed by atoms with Crippen LogP contribution in [0.25, 0.3) is 5.57 Å². The topological polar surface area (TPSA) is 40.6 Å². The number of carbonyl (C=O) groups is 2. The monoisotopic (exact) mass is 364 g/mol. The molecule has 27 heavy (non-hydrogen) atoms. The molecule has 2 aliphatic heterocycles. The number of nitrogens with zero attached hydrogens (tertiary/aromatic N) is 2. The second kappa shape index (κ2) is 6.65. The molecule has 5 heteroatoms. The minimum atomic E-state index is -0.370. The number of rotatable bonds is 3. The molecule has 0 aliphatic carbocycles. The van der Waals surface area contributed by atoms with E-state index in [2.05, 4.69) is 12.1 Å². The van der Waals surface area contributed by atoms with Crippen molar-refractivity contribution in [2.45, 2.75) is 32.9 Å². The molecule has 0 fully saturated rings. The van der Waals surface area contributed by atoms with Gasteiger partial charge in [0.15, 0.2) is 0 Å². The summed E-state index contributed by atoms with van der Waals surface area (Å²) in [6, 6.07) is 13.7. The summed E-state index contributed by atoms with van der Waals surface area (Å²) in [6.45, 7) is 4.90. The van der Waals surface area contributed by atoms with Crippen LogP contribution in [-0.2, 0) is 22.6 Å². The van der Waals surface area contributed by atoms with Gasteiger partial charge in [0.1, 0.15) is 11.5 Å². The van der Waals surface area contributed by atoms with E-state index in [1.807, 2.05) is 30.9 Å². The number of hydrogen-bond donors (Lipinski definition) is 0. The zero-order valence-electron chi connectivity index (χ0n) is 15.4. The summed E-state index contributed by atoms with van der Waals surface area (Å²) < 4.78 is 13.4. The van der Waals surface area contributed by atoms with E-state index >= 15 is 0 Å². The molecule has 0 saturated carbocycles. The maximum absolute atomic E-state index is 13.4. The second-order valence-corrected chi connectivity index (χ2v) is 7.24. The predicted octanol–water partition coefficient (Wildman–Crippen LogP) is 3.37. The van der Waals surface area contributed by atoms with Crippen LogP contribution in [0.2, 0.25) is 0 Å². The van der Waals surface area contributed by atoms with Crippen molar-refractivity contribution >= 4 is 17.4 Å². The van der Waals surface area contributed by atoms with Crippen LogP contribution in [0.3, 0.4) is 0 Å². The average Bonchev–Trinajstić information content (AvgIpc) is 2.92. The van der Waals surface area contributed by atoms with Crippen molar-refractivity contribution in [1.82, 2.24) is 9.80 Å². The van der Waals surface area contributed by atoms with Gasteiger partial charge in [-0.25, -0.2) is 4.39 Å². The summed E-state index contributed by atoms with van der Waals surface area (Å²) in [5.74, 6) is -0.950. The van der Waals surface area contributed by atoms with Crippen LogP contribution in [0.4, 0.5) is 4.39 Å². The lowest BCUT2D eigenvalue weighted by Gasteiger charge is -2.31. The van der Waals surface area contributed by atoms with E-state index in [1.165, 1.54) is 22.6 Å². The molecule has 0 radical (unpaired) electrons. The van der Waals surface area contributed by atoms with Gasteiger partial charge < -0.3 is 4.90 Å². The number of amides is 2. The van der Waals surface area contributed by atoms with Gasteiger partial charge >= 0.3 is 0 Å². The second-order valence-electron chi connectivity index (χ2n) is 7.24.